The summed E-state index contributed by atoms with van der Waals surface area (Å²) in [7, 11) is -3.41. The van der Waals surface area contributed by atoms with E-state index in [1.165, 1.54) is 12.1 Å². The maximum Gasteiger partial charge on any atom is 0.255 e. The Hall–Kier alpha value is -3.78. The lowest BCUT2D eigenvalue weighted by atomic mass is 10.0. The molecule has 0 saturated heterocycles. The first-order valence-corrected chi connectivity index (χ1v) is 12.0. The maximum atomic E-state index is 12.9. The largest absolute Gasteiger partial charge is 0.322 e. The molecule has 0 atom stereocenters. The maximum absolute atomic E-state index is 12.9. The standard InChI is InChI=1S/C24H22N4O3S/c1-3-16-11-14-20(32(2,30)31)15-21(16)24(29)25-19-12-9-18(10-13-19)23-26-22(27-28-23)17-7-5-4-6-8-17/h4-15H,3H2,1-2H3,(H,25,29)(H,26,27,28). The van der Waals surface area contributed by atoms with Gasteiger partial charge in [0.05, 0.1) is 4.90 Å². The van der Waals surface area contributed by atoms with Crippen LogP contribution >= 0.6 is 0 Å². The van der Waals surface area contributed by atoms with E-state index in [0.717, 1.165) is 22.9 Å². The van der Waals surface area contributed by atoms with Crippen LogP contribution in [0.15, 0.2) is 77.7 Å². The van der Waals surface area contributed by atoms with Gasteiger partial charge >= 0.3 is 0 Å². The lowest BCUT2D eigenvalue weighted by Gasteiger charge is -2.11. The highest BCUT2D eigenvalue weighted by Gasteiger charge is 2.16. The fourth-order valence-corrected chi connectivity index (χ4v) is 3.97. The predicted molar refractivity (Wildman–Crippen MR) is 124 cm³/mol. The van der Waals surface area contributed by atoms with Crippen molar-refractivity contribution in [2.75, 3.05) is 11.6 Å². The minimum absolute atomic E-state index is 0.120. The number of carbonyl (C=O) groups excluding carboxylic acids is 1. The molecule has 1 heterocycles. The molecule has 162 valence electrons. The molecule has 0 radical (unpaired) electrons. The number of H-pyrrole nitrogens is 1. The Labute approximate surface area is 186 Å². The summed E-state index contributed by atoms with van der Waals surface area (Å²) in [5, 5.41) is 10.0. The Morgan fingerprint density at radius 3 is 2.34 bits per heavy atom. The zero-order valence-corrected chi connectivity index (χ0v) is 18.5. The van der Waals surface area contributed by atoms with Gasteiger partial charge in [0.2, 0.25) is 0 Å². The lowest BCUT2D eigenvalue weighted by molar-refractivity contribution is 0.102. The number of aryl methyl sites for hydroxylation is 1. The van der Waals surface area contributed by atoms with Gasteiger partial charge in [0.1, 0.15) is 0 Å². The van der Waals surface area contributed by atoms with E-state index in [9.17, 15) is 13.2 Å². The smallest absolute Gasteiger partial charge is 0.255 e. The first kappa shape index (κ1) is 21.5. The third-order valence-corrected chi connectivity index (χ3v) is 6.18. The van der Waals surface area contributed by atoms with Crippen molar-refractivity contribution < 1.29 is 13.2 Å². The van der Waals surface area contributed by atoms with E-state index in [-0.39, 0.29) is 10.8 Å². The highest BCUT2D eigenvalue weighted by Crippen LogP contribution is 2.23. The van der Waals surface area contributed by atoms with Crippen molar-refractivity contribution in [3.05, 3.63) is 83.9 Å². The van der Waals surface area contributed by atoms with Crippen LogP contribution < -0.4 is 5.32 Å². The Bertz CT molecular complexity index is 1360. The van der Waals surface area contributed by atoms with Crippen molar-refractivity contribution in [1.82, 2.24) is 15.2 Å². The fourth-order valence-electron chi connectivity index (χ4n) is 3.32. The second kappa shape index (κ2) is 8.76. The van der Waals surface area contributed by atoms with Crippen LogP contribution in [0.25, 0.3) is 22.8 Å². The Balaban J connectivity index is 1.53. The second-order valence-corrected chi connectivity index (χ2v) is 9.37. The topological polar surface area (TPSA) is 105 Å². The third kappa shape index (κ3) is 4.60. The summed E-state index contributed by atoms with van der Waals surface area (Å²) in [5.74, 6) is 0.873. The summed E-state index contributed by atoms with van der Waals surface area (Å²) in [4.78, 5) is 17.5. The average molecular weight is 447 g/mol. The lowest BCUT2D eigenvalue weighted by Crippen LogP contribution is -2.15. The summed E-state index contributed by atoms with van der Waals surface area (Å²) in [5.41, 5.74) is 3.46. The molecule has 0 aliphatic rings. The van der Waals surface area contributed by atoms with Gasteiger partial charge in [-0.2, -0.15) is 5.10 Å². The summed E-state index contributed by atoms with van der Waals surface area (Å²) in [6.07, 6.45) is 1.74. The second-order valence-electron chi connectivity index (χ2n) is 7.35. The number of sulfone groups is 1. The van der Waals surface area contributed by atoms with Crippen molar-refractivity contribution >= 4 is 21.4 Å². The fraction of sp³-hybridized carbons (Fsp3) is 0.125. The molecule has 0 spiro atoms. The van der Waals surface area contributed by atoms with Gasteiger partial charge in [0, 0.05) is 28.6 Å². The zero-order valence-electron chi connectivity index (χ0n) is 17.7. The van der Waals surface area contributed by atoms with Crippen molar-refractivity contribution in [3.8, 4) is 22.8 Å². The van der Waals surface area contributed by atoms with Crippen LogP contribution in [0.2, 0.25) is 0 Å². The minimum Gasteiger partial charge on any atom is -0.322 e. The monoisotopic (exact) mass is 446 g/mol. The predicted octanol–water partition coefficient (Wildman–Crippen LogP) is 4.36. The molecule has 0 unspecified atom stereocenters. The van der Waals surface area contributed by atoms with Gasteiger partial charge < -0.3 is 5.32 Å². The molecule has 1 amide bonds. The Morgan fingerprint density at radius 2 is 1.69 bits per heavy atom. The van der Waals surface area contributed by atoms with Crippen LogP contribution in [-0.2, 0) is 16.3 Å². The van der Waals surface area contributed by atoms with Crippen LogP contribution in [0.3, 0.4) is 0 Å². The highest BCUT2D eigenvalue weighted by molar-refractivity contribution is 7.90. The molecule has 0 aliphatic heterocycles. The molecule has 4 rings (SSSR count). The van der Waals surface area contributed by atoms with Crippen LogP contribution in [0, 0.1) is 0 Å². The number of rotatable bonds is 6. The molecule has 0 bridgehead atoms. The molecule has 8 heteroatoms. The number of nitrogens with one attached hydrogen (secondary N) is 2. The van der Waals surface area contributed by atoms with Gasteiger partial charge in [-0.3, -0.25) is 9.89 Å². The number of hydrogen-bond acceptors (Lipinski definition) is 5. The first-order valence-electron chi connectivity index (χ1n) is 10.1. The van der Waals surface area contributed by atoms with Crippen molar-refractivity contribution in [2.24, 2.45) is 0 Å². The van der Waals surface area contributed by atoms with E-state index in [2.05, 4.69) is 20.5 Å². The van der Waals surface area contributed by atoms with Crippen LogP contribution in [0.4, 0.5) is 5.69 Å². The molecule has 0 saturated carbocycles. The van der Waals surface area contributed by atoms with Gasteiger partial charge in [-0.1, -0.05) is 43.3 Å². The van der Waals surface area contributed by atoms with E-state index >= 15 is 0 Å². The molecular weight excluding hydrogens is 424 g/mol. The summed E-state index contributed by atoms with van der Waals surface area (Å²) in [6.45, 7) is 1.92. The Kier molecular flexibility index (Phi) is 5.87. The third-order valence-electron chi connectivity index (χ3n) is 5.07. The van der Waals surface area contributed by atoms with Gasteiger partial charge in [-0.15, -0.1) is 0 Å². The number of carbonyl (C=O) groups is 1. The molecule has 2 N–H and O–H groups in total. The molecule has 4 aromatic rings. The molecular formula is C24H22N4O3S. The first-order chi connectivity index (χ1) is 15.3. The van der Waals surface area contributed by atoms with Crippen LogP contribution in [0.1, 0.15) is 22.8 Å². The van der Waals surface area contributed by atoms with Gasteiger partial charge in [-0.05, 0) is 48.4 Å². The summed E-state index contributed by atoms with van der Waals surface area (Å²) < 4.78 is 23.8. The quantitative estimate of drug-likeness (QED) is 0.458. The zero-order chi connectivity index (χ0) is 22.7. The SMILES string of the molecule is CCc1ccc(S(C)(=O)=O)cc1C(=O)Nc1ccc(-c2nc(-c3ccccc3)n[nH]2)cc1. The number of amides is 1. The summed E-state index contributed by atoms with van der Waals surface area (Å²) >= 11 is 0. The number of aromatic amines is 1. The molecule has 0 fully saturated rings. The number of hydrogen-bond donors (Lipinski definition) is 2. The van der Waals surface area contributed by atoms with Crippen LogP contribution in [-0.4, -0.2) is 35.8 Å². The van der Waals surface area contributed by atoms with Gasteiger partial charge in [-0.25, -0.2) is 13.4 Å². The van der Waals surface area contributed by atoms with Crippen molar-refractivity contribution in [2.45, 2.75) is 18.2 Å². The minimum atomic E-state index is -3.41. The normalized spacial score (nSPS) is 11.3. The van der Waals surface area contributed by atoms with Gasteiger partial charge in [0.25, 0.3) is 5.91 Å². The number of benzene rings is 3. The molecule has 3 aromatic carbocycles. The van der Waals surface area contributed by atoms with Crippen LogP contribution in [0.5, 0.6) is 0 Å². The summed E-state index contributed by atoms with van der Waals surface area (Å²) in [6, 6.07) is 21.5. The van der Waals surface area contributed by atoms with E-state index in [4.69, 9.17) is 0 Å². The Morgan fingerprint density at radius 1 is 0.969 bits per heavy atom. The van der Waals surface area contributed by atoms with Crippen molar-refractivity contribution in [3.63, 3.8) is 0 Å². The van der Waals surface area contributed by atoms with Gasteiger partial charge in [0.15, 0.2) is 21.5 Å². The van der Waals surface area contributed by atoms with Crippen molar-refractivity contribution in [1.29, 1.82) is 0 Å². The number of nitrogens with zero attached hydrogens (tertiary/aromatic N) is 2. The molecule has 0 aliphatic carbocycles. The van der Waals surface area contributed by atoms with E-state index in [1.54, 1.807) is 18.2 Å². The molecule has 1 aromatic heterocycles. The average Bonchev–Trinajstić information content (AvgIpc) is 3.29. The molecule has 32 heavy (non-hydrogen) atoms. The highest BCUT2D eigenvalue weighted by atomic mass is 32.2. The van der Waals surface area contributed by atoms with E-state index in [1.807, 2.05) is 49.4 Å². The van der Waals surface area contributed by atoms with E-state index in [0.29, 0.717) is 29.3 Å². The van der Waals surface area contributed by atoms with E-state index < -0.39 is 9.84 Å². The number of aromatic nitrogens is 3. The molecule has 7 nitrogen and oxygen atoms in total. The number of anilines is 1.